The minimum atomic E-state index is -0.444. The number of nitro benzene ring substituents is 1. The smallest absolute Gasteiger partial charge is 0.308 e. The number of rotatable bonds is 9. The van der Waals surface area contributed by atoms with Crippen LogP contribution in [0.5, 0.6) is 0 Å². The number of aryl methyl sites for hydroxylation is 1. The van der Waals surface area contributed by atoms with Gasteiger partial charge in [-0.2, -0.15) is 5.26 Å². The third-order valence-corrected chi connectivity index (χ3v) is 5.53. The van der Waals surface area contributed by atoms with Crippen molar-refractivity contribution >= 4 is 49.7 Å². The molecule has 0 amide bonds. The average Bonchev–Trinajstić information content (AvgIpc) is 3.19. The predicted molar refractivity (Wildman–Crippen MR) is 121 cm³/mol. The monoisotopic (exact) mass is 452 g/mol. The first-order valence-electron chi connectivity index (χ1n) is 9.76. The summed E-state index contributed by atoms with van der Waals surface area (Å²) in [5, 5.41) is 28.3. The van der Waals surface area contributed by atoms with Crippen molar-refractivity contribution in [1.29, 1.82) is 5.26 Å². The van der Waals surface area contributed by atoms with Crippen LogP contribution in [-0.2, 0) is 9.53 Å². The molecule has 10 nitrogen and oxygen atoms in total. The largest absolute Gasteiger partial charge is 0.450 e. The fraction of sp³-hybridized carbons (Fsp3) is 0.286. The number of ether oxygens (including phenoxy) is 1. The average molecular weight is 452 g/mol. The van der Waals surface area contributed by atoms with E-state index < -0.39 is 10.9 Å². The Hall–Kier alpha value is -3.91. The number of azo groups is 1. The van der Waals surface area contributed by atoms with E-state index in [9.17, 15) is 14.9 Å². The summed E-state index contributed by atoms with van der Waals surface area (Å²) >= 11 is 1.23. The molecule has 0 atom stereocenters. The van der Waals surface area contributed by atoms with Crippen LogP contribution in [0.3, 0.4) is 0 Å². The van der Waals surface area contributed by atoms with E-state index >= 15 is 0 Å². The zero-order valence-corrected chi connectivity index (χ0v) is 18.3. The quantitative estimate of drug-likeness (QED) is 0.188. The number of carbonyl (C=O) groups excluding carboxylic acids is 1. The molecule has 1 aromatic heterocycles. The van der Waals surface area contributed by atoms with Gasteiger partial charge in [0.05, 0.1) is 27.2 Å². The second kappa shape index (κ2) is 10.4. The van der Waals surface area contributed by atoms with Crippen molar-refractivity contribution in [2.75, 3.05) is 24.6 Å². The van der Waals surface area contributed by atoms with Crippen molar-refractivity contribution in [3.05, 3.63) is 52.1 Å². The summed E-state index contributed by atoms with van der Waals surface area (Å²) in [6.45, 7) is 4.83. The van der Waals surface area contributed by atoms with Crippen molar-refractivity contribution in [2.24, 2.45) is 10.2 Å². The van der Waals surface area contributed by atoms with Gasteiger partial charge in [0.2, 0.25) is 5.13 Å². The standard InChI is InChI=1S/C21H20N6O4S/c1-3-26(10-8-20(28)31-11-9-22)15-4-6-17(14(2)12-15)24-25-21-23-18-7-5-16(27(29)30)13-19(18)32-21/h4-7,12-13H,3,8,10-11H2,1-2H3/b25-24+. The van der Waals surface area contributed by atoms with Crippen molar-refractivity contribution in [2.45, 2.75) is 20.3 Å². The molecule has 0 aliphatic rings. The fourth-order valence-corrected chi connectivity index (χ4v) is 3.80. The molecule has 0 radical (unpaired) electrons. The van der Waals surface area contributed by atoms with E-state index in [2.05, 4.69) is 15.2 Å². The Morgan fingerprint density at radius 3 is 2.81 bits per heavy atom. The minimum Gasteiger partial charge on any atom is -0.450 e. The number of hydrogen-bond acceptors (Lipinski definition) is 10. The summed E-state index contributed by atoms with van der Waals surface area (Å²) in [6.07, 6.45) is 0.186. The molecule has 1 heterocycles. The van der Waals surface area contributed by atoms with E-state index in [4.69, 9.17) is 10.00 Å². The SMILES string of the molecule is CCN(CCC(=O)OCC#N)c1ccc(/N=N/c2nc3ccc([N+](=O)[O-])cc3s2)c(C)c1. The summed E-state index contributed by atoms with van der Waals surface area (Å²) in [7, 11) is 0. The highest BCUT2D eigenvalue weighted by Gasteiger charge is 2.12. The van der Waals surface area contributed by atoms with Gasteiger partial charge in [-0.3, -0.25) is 14.9 Å². The van der Waals surface area contributed by atoms with Crippen LogP contribution in [0.1, 0.15) is 18.9 Å². The van der Waals surface area contributed by atoms with Gasteiger partial charge in [-0.05, 0) is 43.7 Å². The number of nitriles is 1. The van der Waals surface area contributed by atoms with Gasteiger partial charge in [-0.15, -0.1) is 10.2 Å². The Bertz CT molecular complexity index is 1220. The maximum absolute atomic E-state index is 11.6. The number of non-ortho nitro benzene ring substituents is 1. The molecule has 164 valence electrons. The van der Waals surface area contributed by atoms with Gasteiger partial charge in [0.25, 0.3) is 5.69 Å². The first kappa shape index (κ1) is 22.8. The predicted octanol–water partition coefficient (Wildman–Crippen LogP) is 5.21. The third-order valence-electron chi connectivity index (χ3n) is 4.63. The number of benzene rings is 2. The van der Waals surface area contributed by atoms with Gasteiger partial charge in [-0.25, -0.2) is 4.98 Å². The summed E-state index contributed by atoms with van der Waals surface area (Å²) in [5.41, 5.74) is 3.14. The normalized spacial score (nSPS) is 10.9. The Kier molecular flexibility index (Phi) is 7.41. The topological polar surface area (TPSA) is 134 Å². The van der Waals surface area contributed by atoms with Crippen LogP contribution in [0.25, 0.3) is 10.2 Å². The summed E-state index contributed by atoms with van der Waals surface area (Å²) in [5.74, 6) is -0.409. The maximum Gasteiger partial charge on any atom is 0.308 e. The highest BCUT2D eigenvalue weighted by molar-refractivity contribution is 7.21. The molecule has 0 saturated carbocycles. The number of carbonyl (C=O) groups is 1. The summed E-state index contributed by atoms with van der Waals surface area (Å²) in [4.78, 5) is 28.5. The molecular formula is C21H20N6O4S. The van der Waals surface area contributed by atoms with E-state index in [0.29, 0.717) is 34.1 Å². The molecule has 0 saturated heterocycles. The lowest BCUT2D eigenvalue weighted by atomic mass is 10.1. The number of fused-ring (bicyclic) bond motifs is 1. The number of thiazole rings is 1. The molecule has 0 fully saturated rings. The van der Waals surface area contributed by atoms with Crippen LogP contribution >= 0.6 is 11.3 Å². The lowest BCUT2D eigenvalue weighted by Crippen LogP contribution is -2.26. The molecule has 0 N–H and O–H groups in total. The van der Waals surface area contributed by atoms with Crippen LogP contribution < -0.4 is 4.90 Å². The molecule has 3 rings (SSSR count). The third kappa shape index (κ3) is 5.61. The summed E-state index contributed by atoms with van der Waals surface area (Å²) < 4.78 is 5.46. The molecule has 0 spiro atoms. The van der Waals surface area contributed by atoms with E-state index in [1.165, 1.54) is 23.5 Å². The van der Waals surface area contributed by atoms with Gasteiger partial charge >= 0.3 is 5.97 Å². The molecule has 0 unspecified atom stereocenters. The minimum absolute atomic E-state index is 0.00914. The fourth-order valence-electron chi connectivity index (χ4n) is 2.98. The van der Waals surface area contributed by atoms with Gasteiger partial charge in [0.15, 0.2) is 6.61 Å². The van der Waals surface area contributed by atoms with Crippen LogP contribution in [0.15, 0.2) is 46.6 Å². The van der Waals surface area contributed by atoms with E-state index in [1.807, 2.05) is 36.9 Å². The van der Waals surface area contributed by atoms with Crippen molar-refractivity contribution in [1.82, 2.24) is 4.98 Å². The Morgan fingerprint density at radius 1 is 1.31 bits per heavy atom. The highest BCUT2D eigenvalue weighted by atomic mass is 32.1. The van der Waals surface area contributed by atoms with Gasteiger partial charge in [-0.1, -0.05) is 11.3 Å². The number of aromatic nitrogens is 1. The lowest BCUT2D eigenvalue weighted by Gasteiger charge is -2.23. The van der Waals surface area contributed by atoms with Gasteiger partial charge in [0.1, 0.15) is 6.07 Å². The van der Waals surface area contributed by atoms with E-state index in [-0.39, 0.29) is 18.7 Å². The second-order valence-corrected chi connectivity index (χ2v) is 7.73. The molecule has 0 aliphatic heterocycles. The zero-order valence-electron chi connectivity index (χ0n) is 17.5. The number of hydrogen-bond donors (Lipinski definition) is 0. The van der Waals surface area contributed by atoms with Crippen LogP contribution in [0.2, 0.25) is 0 Å². The first-order valence-corrected chi connectivity index (χ1v) is 10.6. The number of nitro groups is 1. The Labute approximate surface area is 187 Å². The molecule has 32 heavy (non-hydrogen) atoms. The van der Waals surface area contributed by atoms with E-state index in [0.717, 1.165) is 11.3 Å². The number of nitrogens with zero attached hydrogens (tertiary/aromatic N) is 6. The molecule has 3 aromatic rings. The van der Waals surface area contributed by atoms with Crippen LogP contribution in [0, 0.1) is 28.4 Å². The van der Waals surface area contributed by atoms with Crippen molar-refractivity contribution in [3.63, 3.8) is 0 Å². The Balaban J connectivity index is 1.71. The molecule has 0 aliphatic carbocycles. The first-order chi connectivity index (χ1) is 15.4. The van der Waals surface area contributed by atoms with Crippen LogP contribution in [-0.4, -0.2) is 35.6 Å². The highest BCUT2D eigenvalue weighted by Crippen LogP contribution is 2.32. The zero-order chi connectivity index (χ0) is 23.1. The molecule has 2 aromatic carbocycles. The number of esters is 1. The molecule has 0 bridgehead atoms. The van der Waals surface area contributed by atoms with Gasteiger partial charge in [0, 0.05) is 30.9 Å². The molecular weight excluding hydrogens is 432 g/mol. The van der Waals surface area contributed by atoms with Crippen LogP contribution in [0.4, 0.5) is 22.2 Å². The summed E-state index contributed by atoms with van der Waals surface area (Å²) in [6, 6.07) is 11.9. The van der Waals surface area contributed by atoms with Crippen molar-refractivity contribution < 1.29 is 14.5 Å². The second-order valence-electron chi connectivity index (χ2n) is 6.72. The van der Waals surface area contributed by atoms with E-state index in [1.54, 1.807) is 12.1 Å². The Morgan fingerprint density at radius 2 is 2.12 bits per heavy atom. The van der Waals surface area contributed by atoms with Gasteiger partial charge < -0.3 is 9.64 Å². The van der Waals surface area contributed by atoms with Crippen molar-refractivity contribution in [3.8, 4) is 6.07 Å². The molecule has 11 heteroatoms. The number of anilines is 1. The lowest BCUT2D eigenvalue weighted by molar-refractivity contribution is -0.384. The maximum atomic E-state index is 11.6.